The van der Waals surface area contributed by atoms with Gasteiger partial charge in [-0.3, -0.25) is 4.79 Å². The van der Waals surface area contributed by atoms with E-state index in [2.05, 4.69) is 10.6 Å². The SMILES string of the molecule is Cc1c(C(C)NC(=O)CNCC2CC2)oc2ccccc12. The first kappa shape index (κ1) is 14.1. The maximum Gasteiger partial charge on any atom is 0.234 e. The van der Waals surface area contributed by atoms with E-state index in [-0.39, 0.29) is 11.9 Å². The Balaban J connectivity index is 1.61. The van der Waals surface area contributed by atoms with Gasteiger partial charge in [0.15, 0.2) is 0 Å². The summed E-state index contributed by atoms with van der Waals surface area (Å²) in [5, 5.41) is 7.31. The number of furan rings is 1. The van der Waals surface area contributed by atoms with Crippen molar-refractivity contribution in [2.75, 3.05) is 13.1 Å². The lowest BCUT2D eigenvalue weighted by Crippen LogP contribution is -2.36. The van der Waals surface area contributed by atoms with E-state index in [0.29, 0.717) is 6.54 Å². The molecule has 0 radical (unpaired) electrons. The molecule has 4 nitrogen and oxygen atoms in total. The Labute approximate surface area is 124 Å². The van der Waals surface area contributed by atoms with Crippen molar-refractivity contribution in [3.8, 4) is 0 Å². The summed E-state index contributed by atoms with van der Waals surface area (Å²) in [7, 11) is 0. The van der Waals surface area contributed by atoms with Gasteiger partial charge in [0, 0.05) is 10.9 Å². The molecule has 0 spiro atoms. The fourth-order valence-corrected chi connectivity index (χ4v) is 2.68. The van der Waals surface area contributed by atoms with Crippen molar-refractivity contribution in [3.63, 3.8) is 0 Å². The van der Waals surface area contributed by atoms with E-state index in [1.807, 2.05) is 38.1 Å². The van der Waals surface area contributed by atoms with E-state index in [1.165, 1.54) is 12.8 Å². The summed E-state index contributed by atoms with van der Waals surface area (Å²) in [5.74, 6) is 1.64. The van der Waals surface area contributed by atoms with Crippen LogP contribution in [0.25, 0.3) is 11.0 Å². The number of carbonyl (C=O) groups is 1. The van der Waals surface area contributed by atoms with Gasteiger partial charge in [-0.15, -0.1) is 0 Å². The smallest absolute Gasteiger partial charge is 0.234 e. The first-order valence-electron chi connectivity index (χ1n) is 7.63. The molecule has 1 heterocycles. The molecule has 1 aliphatic rings. The molecule has 112 valence electrons. The lowest BCUT2D eigenvalue weighted by Gasteiger charge is -2.13. The summed E-state index contributed by atoms with van der Waals surface area (Å²) < 4.78 is 5.88. The van der Waals surface area contributed by atoms with E-state index >= 15 is 0 Å². The Hall–Kier alpha value is -1.81. The molecule has 0 bridgehead atoms. The van der Waals surface area contributed by atoms with Gasteiger partial charge < -0.3 is 15.1 Å². The molecule has 2 N–H and O–H groups in total. The third kappa shape index (κ3) is 3.27. The Morgan fingerprint density at radius 3 is 2.86 bits per heavy atom. The predicted octanol–water partition coefficient (Wildman–Crippen LogP) is 2.92. The van der Waals surface area contributed by atoms with Crippen LogP contribution in [0.4, 0.5) is 0 Å². The van der Waals surface area contributed by atoms with Crippen LogP contribution >= 0.6 is 0 Å². The van der Waals surface area contributed by atoms with Crippen LogP contribution in [0.1, 0.15) is 37.1 Å². The van der Waals surface area contributed by atoms with Crippen LogP contribution in [0.15, 0.2) is 28.7 Å². The zero-order valence-electron chi connectivity index (χ0n) is 12.6. The van der Waals surface area contributed by atoms with Crippen molar-refractivity contribution >= 4 is 16.9 Å². The Morgan fingerprint density at radius 2 is 2.14 bits per heavy atom. The topological polar surface area (TPSA) is 54.3 Å². The van der Waals surface area contributed by atoms with Crippen LogP contribution < -0.4 is 10.6 Å². The van der Waals surface area contributed by atoms with Gasteiger partial charge in [0.2, 0.25) is 5.91 Å². The van der Waals surface area contributed by atoms with Crippen molar-refractivity contribution in [2.45, 2.75) is 32.7 Å². The zero-order chi connectivity index (χ0) is 14.8. The second-order valence-corrected chi connectivity index (χ2v) is 5.95. The first-order valence-corrected chi connectivity index (χ1v) is 7.63. The number of fused-ring (bicyclic) bond motifs is 1. The van der Waals surface area contributed by atoms with E-state index in [1.54, 1.807) is 0 Å². The summed E-state index contributed by atoms with van der Waals surface area (Å²) in [6.45, 7) is 5.32. The van der Waals surface area contributed by atoms with Gasteiger partial charge in [-0.05, 0) is 45.2 Å². The fourth-order valence-electron chi connectivity index (χ4n) is 2.68. The molecule has 4 heteroatoms. The molecule has 0 saturated heterocycles. The number of hydrogen-bond acceptors (Lipinski definition) is 3. The quantitative estimate of drug-likeness (QED) is 0.858. The minimum atomic E-state index is -0.118. The molecular formula is C17H22N2O2. The molecule has 1 saturated carbocycles. The molecular weight excluding hydrogens is 264 g/mol. The maximum absolute atomic E-state index is 11.9. The number of rotatable bonds is 6. The van der Waals surface area contributed by atoms with E-state index < -0.39 is 0 Å². The Bertz CT molecular complexity index is 643. The van der Waals surface area contributed by atoms with Crippen LogP contribution in [0.2, 0.25) is 0 Å². The van der Waals surface area contributed by atoms with Crippen LogP contribution in [-0.2, 0) is 4.79 Å². The van der Waals surface area contributed by atoms with Crippen molar-refractivity contribution in [2.24, 2.45) is 5.92 Å². The number of aryl methyl sites for hydroxylation is 1. The van der Waals surface area contributed by atoms with Crippen LogP contribution in [0, 0.1) is 12.8 Å². The molecule has 1 aromatic heterocycles. The van der Waals surface area contributed by atoms with Gasteiger partial charge in [0.1, 0.15) is 11.3 Å². The maximum atomic E-state index is 11.9. The average molecular weight is 286 g/mol. The highest BCUT2D eigenvalue weighted by Gasteiger charge is 2.21. The number of benzene rings is 1. The van der Waals surface area contributed by atoms with Gasteiger partial charge in [0.25, 0.3) is 0 Å². The summed E-state index contributed by atoms with van der Waals surface area (Å²) in [4.78, 5) is 11.9. The summed E-state index contributed by atoms with van der Waals surface area (Å²) >= 11 is 0. The largest absolute Gasteiger partial charge is 0.459 e. The second-order valence-electron chi connectivity index (χ2n) is 5.95. The lowest BCUT2D eigenvalue weighted by molar-refractivity contribution is -0.121. The highest BCUT2D eigenvalue weighted by Crippen LogP contribution is 2.29. The predicted molar refractivity (Wildman–Crippen MR) is 83.1 cm³/mol. The number of para-hydroxylation sites is 1. The third-order valence-corrected chi connectivity index (χ3v) is 4.07. The minimum absolute atomic E-state index is 0.0167. The van der Waals surface area contributed by atoms with Crippen molar-refractivity contribution in [1.82, 2.24) is 10.6 Å². The summed E-state index contributed by atoms with van der Waals surface area (Å²) in [6.07, 6.45) is 2.59. The van der Waals surface area contributed by atoms with E-state index in [9.17, 15) is 4.79 Å². The van der Waals surface area contributed by atoms with E-state index in [4.69, 9.17) is 4.42 Å². The van der Waals surface area contributed by atoms with Crippen molar-refractivity contribution in [3.05, 3.63) is 35.6 Å². The van der Waals surface area contributed by atoms with Crippen molar-refractivity contribution in [1.29, 1.82) is 0 Å². The molecule has 1 amide bonds. The van der Waals surface area contributed by atoms with Crippen LogP contribution in [0.5, 0.6) is 0 Å². The first-order chi connectivity index (χ1) is 10.1. The van der Waals surface area contributed by atoms with Gasteiger partial charge >= 0.3 is 0 Å². The second kappa shape index (κ2) is 5.90. The fraction of sp³-hybridized carbons (Fsp3) is 0.471. The Morgan fingerprint density at radius 1 is 1.38 bits per heavy atom. The third-order valence-electron chi connectivity index (χ3n) is 4.07. The number of amides is 1. The van der Waals surface area contributed by atoms with Gasteiger partial charge in [-0.2, -0.15) is 0 Å². The normalized spacial score (nSPS) is 16.1. The molecule has 3 rings (SSSR count). The number of hydrogen-bond donors (Lipinski definition) is 2. The van der Waals surface area contributed by atoms with Gasteiger partial charge in [0.05, 0.1) is 12.6 Å². The molecule has 0 aliphatic heterocycles. The standard InChI is InChI=1S/C17H22N2O2/c1-11-14-5-3-4-6-15(14)21-17(11)12(2)19-16(20)10-18-9-13-7-8-13/h3-6,12-13,18H,7-10H2,1-2H3,(H,19,20). The minimum Gasteiger partial charge on any atom is -0.459 e. The molecule has 1 atom stereocenters. The monoisotopic (exact) mass is 286 g/mol. The molecule has 1 fully saturated rings. The highest BCUT2D eigenvalue weighted by atomic mass is 16.3. The lowest BCUT2D eigenvalue weighted by atomic mass is 10.1. The number of carbonyl (C=O) groups excluding carboxylic acids is 1. The highest BCUT2D eigenvalue weighted by molar-refractivity contribution is 5.83. The average Bonchev–Trinajstić information content (AvgIpc) is 3.22. The molecule has 1 aliphatic carbocycles. The zero-order valence-corrected chi connectivity index (χ0v) is 12.6. The molecule has 1 unspecified atom stereocenters. The summed E-state index contributed by atoms with van der Waals surface area (Å²) in [6, 6.07) is 7.84. The molecule has 2 aromatic rings. The van der Waals surface area contributed by atoms with Crippen LogP contribution in [0.3, 0.4) is 0 Å². The number of nitrogens with one attached hydrogen (secondary N) is 2. The van der Waals surface area contributed by atoms with Crippen LogP contribution in [-0.4, -0.2) is 19.0 Å². The molecule has 1 aromatic carbocycles. The Kier molecular flexibility index (Phi) is 3.97. The molecule has 21 heavy (non-hydrogen) atoms. The van der Waals surface area contributed by atoms with Crippen molar-refractivity contribution < 1.29 is 9.21 Å². The summed E-state index contributed by atoms with van der Waals surface area (Å²) in [5.41, 5.74) is 1.97. The van der Waals surface area contributed by atoms with Gasteiger partial charge in [-0.25, -0.2) is 0 Å². The van der Waals surface area contributed by atoms with E-state index in [0.717, 1.165) is 34.8 Å². The van der Waals surface area contributed by atoms with Gasteiger partial charge in [-0.1, -0.05) is 18.2 Å².